The van der Waals surface area contributed by atoms with E-state index in [1.165, 1.54) is 71.2 Å². The maximum atomic E-state index is 3.59. The highest BCUT2D eigenvalue weighted by molar-refractivity contribution is 4.78. The van der Waals surface area contributed by atoms with E-state index in [9.17, 15) is 0 Å². The summed E-state index contributed by atoms with van der Waals surface area (Å²) in [6, 6.07) is 1.49. The zero-order chi connectivity index (χ0) is 14.4. The first kappa shape index (κ1) is 16.3. The summed E-state index contributed by atoms with van der Waals surface area (Å²) in [5.41, 5.74) is 0. The van der Waals surface area contributed by atoms with E-state index in [2.05, 4.69) is 36.0 Å². The van der Waals surface area contributed by atoms with E-state index in [4.69, 9.17) is 0 Å². The molecule has 0 spiro atoms. The van der Waals surface area contributed by atoms with E-state index >= 15 is 0 Å². The third-order valence-corrected chi connectivity index (χ3v) is 5.22. The van der Waals surface area contributed by atoms with Crippen LogP contribution in [0, 0.1) is 5.92 Å². The van der Waals surface area contributed by atoms with Gasteiger partial charge in [0.25, 0.3) is 0 Å². The lowest BCUT2D eigenvalue weighted by Crippen LogP contribution is -2.42. The van der Waals surface area contributed by atoms with Gasteiger partial charge in [0.1, 0.15) is 0 Å². The normalized spacial score (nSPS) is 27.3. The van der Waals surface area contributed by atoms with Gasteiger partial charge in [0, 0.05) is 12.1 Å². The third-order valence-electron chi connectivity index (χ3n) is 5.22. The highest BCUT2D eigenvalue weighted by Gasteiger charge is 2.22. The molecule has 2 aliphatic heterocycles. The van der Waals surface area contributed by atoms with Crippen molar-refractivity contribution in [3.05, 3.63) is 0 Å². The van der Waals surface area contributed by atoms with Gasteiger partial charge in [-0.15, -0.1) is 0 Å². The van der Waals surface area contributed by atoms with Gasteiger partial charge in [-0.1, -0.05) is 20.3 Å². The van der Waals surface area contributed by atoms with Crippen molar-refractivity contribution >= 4 is 0 Å². The van der Waals surface area contributed by atoms with Crippen LogP contribution in [0.3, 0.4) is 0 Å². The standard InChI is InChI=1S/C17H35N3/c1-15(2)18-14-16-7-11-20(12-8-16)13-9-17-6-4-5-10-19(17)3/h15-18H,4-14H2,1-3H3. The molecule has 2 rings (SSSR count). The Balaban J connectivity index is 1.59. The van der Waals surface area contributed by atoms with Crippen LogP contribution < -0.4 is 5.32 Å². The van der Waals surface area contributed by atoms with Crippen LogP contribution in [0.4, 0.5) is 0 Å². The molecule has 20 heavy (non-hydrogen) atoms. The minimum atomic E-state index is 0.634. The molecule has 2 aliphatic rings. The number of nitrogens with one attached hydrogen (secondary N) is 1. The van der Waals surface area contributed by atoms with Gasteiger partial charge < -0.3 is 15.1 Å². The second-order valence-electron chi connectivity index (χ2n) is 7.27. The molecule has 2 saturated heterocycles. The molecule has 3 heteroatoms. The smallest absolute Gasteiger partial charge is 0.0104 e. The Labute approximate surface area is 126 Å². The minimum Gasteiger partial charge on any atom is -0.314 e. The summed E-state index contributed by atoms with van der Waals surface area (Å²) in [6.07, 6.45) is 8.43. The van der Waals surface area contributed by atoms with Gasteiger partial charge in [-0.2, -0.15) is 0 Å². The van der Waals surface area contributed by atoms with Gasteiger partial charge in [-0.3, -0.25) is 0 Å². The zero-order valence-corrected chi connectivity index (χ0v) is 13.9. The van der Waals surface area contributed by atoms with Crippen LogP contribution in [0.1, 0.15) is 52.4 Å². The van der Waals surface area contributed by atoms with Crippen molar-refractivity contribution < 1.29 is 0 Å². The Morgan fingerprint density at radius 1 is 1.05 bits per heavy atom. The van der Waals surface area contributed by atoms with Gasteiger partial charge in [0.05, 0.1) is 0 Å². The summed E-state index contributed by atoms with van der Waals surface area (Å²) < 4.78 is 0. The van der Waals surface area contributed by atoms with Crippen molar-refractivity contribution in [2.45, 2.75) is 64.5 Å². The predicted octanol–water partition coefficient (Wildman–Crippen LogP) is 2.57. The molecular formula is C17H35N3. The van der Waals surface area contributed by atoms with Crippen molar-refractivity contribution in [2.75, 3.05) is 39.8 Å². The van der Waals surface area contributed by atoms with Gasteiger partial charge in [0.15, 0.2) is 0 Å². The quantitative estimate of drug-likeness (QED) is 0.807. The molecule has 0 saturated carbocycles. The van der Waals surface area contributed by atoms with E-state index in [0.717, 1.165) is 12.0 Å². The highest BCUT2D eigenvalue weighted by Crippen LogP contribution is 2.20. The Morgan fingerprint density at radius 2 is 1.80 bits per heavy atom. The Morgan fingerprint density at radius 3 is 2.45 bits per heavy atom. The molecule has 1 unspecified atom stereocenters. The van der Waals surface area contributed by atoms with E-state index in [1.807, 2.05) is 0 Å². The maximum absolute atomic E-state index is 3.59. The maximum Gasteiger partial charge on any atom is 0.0104 e. The van der Waals surface area contributed by atoms with Crippen molar-refractivity contribution in [1.82, 2.24) is 15.1 Å². The summed E-state index contributed by atoms with van der Waals surface area (Å²) in [5, 5.41) is 3.59. The topological polar surface area (TPSA) is 18.5 Å². The van der Waals surface area contributed by atoms with E-state index in [0.29, 0.717) is 6.04 Å². The molecule has 0 aromatic carbocycles. The monoisotopic (exact) mass is 281 g/mol. The number of likely N-dealkylation sites (tertiary alicyclic amines) is 2. The SMILES string of the molecule is CC(C)NCC1CCN(CCC2CCCCN2C)CC1. The third kappa shape index (κ3) is 5.34. The molecule has 1 atom stereocenters. The second kappa shape index (κ2) is 8.35. The van der Waals surface area contributed by atoms with Crippen molar-refractivity contribution in [3.63, 3.8) is 0 Å². The fraction of sp³-hybridized carbons (Fsp3) is 1.00. The summed E-state index contributed by atoms with van der Waals surface area (Å²) in [7, 11) is 2.31. The van der Waals surface area contributed by atoms with Crippen LogP contribution in [0.15, 0.2) is 0 Å². The number of rotatable bonds is 6. The fourth-order valence-corrected chi connectivity index (χ4v) is 3.66. The lowest BCUT2D eigenvalue weighted by Gasteiger charge is -2.36. The molecule has 0 aromatic heterocycles. The summed E-state index contributed by atoms with van der Waals surface area (Å²) in [6.45, 7) is 11.0. The summed E-state index contributed by atoms with van der Waals surface area (Å²) in [5.74, 6) is 0.908. The van der Waals surface area contributed by atoms with E-state index in [-0.39, 0.29) is 0 Å². The molecule has 0 aromatic rings. The first-order valence-corrected chi connectivity index (χ1v) is 8.81. The largest absolute Gasteiger partial charge is 0.314 e. The van der Waals surface area contributed by atoms with Crippen LogP contribution in [0.2, 0.25) is 0 Å². The molecule has 0 radical (unpaired) electrons. The fourth-order valence-electron chi connectivity index (χ4n) is 3.66. The highest BCUT2D eigenvalue weighted by atomic mass is 15.2. The van der Waals surface area contributed by atoms with Crippen molar-refractivity contribution in [1.29, 1.82) is 0 Å². The average molecular weight is 281 g/mol. The Bertz CT molecular complexity index is 259. The van der Waals surface area contributed by atoms with Crippen molar-refractivity contribution in [2.24, 2.45) is 5.92 Å². The van der Waals surface area contributed by atoms with E-state index in [1.54, 1.807) is 0 Å². The molecular weight excluding hydrogens is 246 g/mol. The summed E-state index contributed by atoms with van der Waals surface area (Å²) >= 11 is 0. The lowest BCUT2D eigenvalue weighted by molar-refractivity contribution is 0.133. The first-order valence-electron chi connectivity index (χ1n) is 8.81. The minimum absolute atomic E-state index is 0.634. The molecule has 2 fully saturated rings. The van der Waals surface area contributed by atoms with Crippen LogP contribution in [-0.2, 0) is 0 Å². The van der Waals surface area contributed by atoms with Crippen molar-refractivity contribution in [3.8, 4) is 0 Å². The van der Waals surface area contributed by atoms with Crippen LogP contribution in [0.5, 0.6) is 0 Å². The first-order chi connectivity index (χ1) is 9.65. The molecule has 2 heterocycles. The number of nitrogens with zero attached hydrogens (tertiary/aromatic N) is 2. The number of hydrogen-bond donors (Lipinski definition) is 1. The van der Waals surface area contributed by atoms with E-state index < -0.39 is 0 Å². The second-order valence-corrected chi connectivity index (χ2v) is 7.27. The number of piperidine rings is 2. The van der Waals surface area contributed by atoms with Gasteiger partial charge in [-0.05, 0) is 77.8 Å². The summed E-state index contributed by atoms with van der Waals surface area (Å²) in [4.78, 5) is 5.29. The lowest BCUT2D eigenvalue weighted by atomic mass is 9.95. The molecule has 0 aliphatic carbocycles. The molecule has 0 amide bonds. The Hall–Kier alpha value is -0.120. The van der Waals surface area contributed by atoms with Gasteiger partial charge in [0.2, 0.25) is 0 Å². The molecule has 1 N–H and O–H groups in total. The molecule has 0 bridgehead atoms. The van der Waals surface area contributed by atoms with Gasteiger partial charge >= 0.3 is 0 Å². The van der Waals surface area contributed by atoms with Crippen LogP contribution >= 0.6 is 0 Å². The predicted molar refractivity (Wildman–Crippen MR) is 87.2 cm³/mol. The number of hydrogen-bond acceptors (Lipinski definition) is 3. The molecule has 118 valence electrons. The zero-order valence-electron chi connectivity index (χ0n) is 13.9. The van der Waals surface area contributed by atoms with Crippen LogP contribution in [-0.4, -0.2) is 61.7 Å². The molecule has 3 nitrogen and oxygen atoms in total. The average Bonchev–Trinajstić information content (AvgIpc) is 2.45. The van der Waals surface area contributed by atoms with Gasteiger partial charge in [-0.25, -0.2) is 0 Å². The Kier molecular flexibility index (Phi) is 6.79. The van der Waals surface area contributed by atoms with Crippen LogP contribution in [0.25, 0.3) is 0 Å².